The summed E-state index contributed by atoms with van der Waals surface area (Å²) in [4.78, 5) is 38.7. The summed E-state index contributed by atoms with van der Waals surface area (Å²) in [5, 5.41) is 10.7. The maximum absolute atomic E-state index is 17.4. The molecule has 1 N–H and O–H groups in total. The third-order valence-corrected chi connectivity index (χ3v) is 10.3. The Kier molecular flexibility index (Phi) is 6.10. The second-order valence-corrected chi connectivity index (χ2v) is 12.0. The number of aliphatic hydroxyl groups is 1. The minimum absolute atomic E-state index is 0.00739. The number of hydrogen-bond donors (Lipinski definition) is 1. The molecular weight excluding hydrogens is 509 g/mol. The number of ether oxygens (including phenoxy) is 1. The largest absolute Gasteiger partial charge is 0.457 e. The molecule has 4 aliphatic carbocycles. The van der Waals surface area contributed by atoms with Crippen LogP contribution >= 0.6 is 11.8 Å². The van der Waals surface area contributed by atoms with Gasteiger partial charge in [0.2, 0.25) is 10.9 Å². The zero-order chi connectivity index (χ0) is 27.0. The highest BCUT2D eigenvalue weighted by molar-refractivity contribution is 8.13. The first-order chi connectivity index (χ1) is 17.4. The van der Waals surface area contributed by atoms with Crippen LogP contribution in [0.15, 0.2) is 46.6 Å². The molecule has 1 aromatic rings. The number of ketones is 1. The van der Waals surface area contributed by atoms with E-state index in [0.29, 0.717) is 11.8 Å². The molecule has 200 valence electrons. The molecule has 0 amide bonds. The molecule has 1 heterocycles. The Morgan fingerprint density at radius 3 is 2.65 bits per heavy atom. The van der Waals surface area contributed by atoms with Crippen LogP contribution in [0.5, 0.6) is 0 Å². The number of thioether (sulfide) groups is 1. The number of allylic oxidation sites excluding steroid dienone is 4. The molecule has 0 bridgehead atoms. The lowest BCUT2D eigenvalue weighted by Crippen LogP contribution is -2.70. The van der Waals surface area contributed by atoms with Gasteiger partial charge in [-0.15, -0.1) is 0 Å². The molecule has 4 aliphatic rings. The van der Waals surface area contributed by atoms with E-state index in [-0.39, 0.29) is 30.6 Å². The van der Waals surface area contributed by atoms with E-state index < -0.39 is 75.0 Å². The Morgan fingerprint density at radius 2 is 2.00 bits per heavy atom. The molecular formula is C27H29F3O6S. The van der Waals surface area contributed by atoms with Crippen LogP contribution in [0.25, 0.3) is 0 Å². The molecule has 0 spiro atoms. The van der Waals surface area contributed by atoms with Crippen LogP contribution < -0.4 is 0 Å². The SMILES string of the molecule is C[C@@H]1C[C@H]2C3C[C@H](F)C4=CC(=O)C=C[C@]4(C)[C@@]3(F)[C@@H](O)C[C@]2(C)[C@@]1(OC(=O)c1ccco1)C(=O)SCF. The van der Waals surface area contributed by atoms with Crippen molar-refractivity contribution < 1.29 is 41.8 Å². The van der Waals surface area contributed by atoms with Crippen molar-refractivity contribution >= 4 is 28.6 Å². The zero-order valence-electron chi connectivity index (χ0n) is 20.7. The van der Waals surface area contributed by atoms with Crippen molar-refractivity contribution in [2.75, 3.05) is 6.01 Å². The Labute approximate surface area is 216 Å². The van der Waals surface area contributed by atoms with Gasteiger partial charge in [0, 0.05) is 22.7 Å². The van der Waals surface area contributed by atoms with Gasteiger partial charge in [0.25, 0.3) is 0 Å². The maximum Gasteiger partial charge on any atom is 0.375 e. The van der Waals surface area contributed by atoms with Crippen LogP contribution in [0, 0.1) is 28.6 Å². The third kappa shape index (κ3) is 3.27. The molecule has 37 heavy (non-hydrogen) atoms. The van der Waals surface area contributed by atoms with Gasteiger partial charge in [-0.25, -0.2) is 18.0 Å². The van der Waals surface area contributed by atoms with Crippen molar-refractivity contribution in [3.05, 3.63) is 48.0 Å². The van der Waals surface area contributed by atoms with Gasteiger partial charge in [-0.1, -0.05) is 19.9 Å². The van der Waals surface area contributed by atoms with Crippen LogP contribution in [0.2, 0.25) is 0 Å². The number of halogens is 3. The summed E-state index contributed by atoms with van der Waals surface area (Å²) < 4.78 is 57.5. The topological polar surface area (TPSA) is 93.8 Å². The van der Waals surface area contributed by atoms with Crippen molar-refractivity contribution in [1.29, 1.82) is 0 Å². The monoisotopic (exact) mass is 538 g/mol. The number of carbonyl (C=O) groups excluding carboxylic acids is 3. The van der Waals surface area contributed by atoms with Crippen molar-refractivity contribution in [1.82, 2.24) is 0 Å². The number of rotatable bonds is 4. The molecule has 10 heteroatoms. The van der Waals surface area contributed by atoms with E-state index in [2.05, 4.69) is 0 Å². The molecule has 3 fully saturated rings. The molecule has 1 aromatic heterocycles. The van der Waals surface area contributed by atoms with Gasteiger partial charge in [0.15, 0.2) is 17.1 Å². The van der Waals surface area contributed by atoms with Crippen molar-refractivity contribution in [2.45, 2.75) is 63.6 Å². The summed E-state index contributed by atoms with van der Waals surface area (Å²) in [6.07, 6.45) is 1.16. The molecule has 5 rings (SSSR count). The second kappa shape index (κ2) is 8.59. The number of aliphatic hydroxyl groups excluding tert-OH is 1. The Morgan fingerprint density at radius 1 is 1.27 bits per heavy atom. The molecule has 0 radical (unpaired) electrons. The predicted molar refractivity (Wildman–Crippen MR) is 129 cm³/mol. The molecule has 9 atom stereocenters. The van der Waals surface area contributed by atoms with Crippen LogP contribution in [-0.4, -0.2) is 51.5 Å². The van der Waals surface area contributed by atoms with Crippen LogP contribution in [0.1, 0.15) is 50.6 Å². The predicted octanol–water partition coefficient (Wildman–Crippen LogP) is 4.93. The standard InChI is InChI=1S/C27H29F3O6S/c1-14-9-16-17-11-19(29)18-10-15(31)6-7-24(18,2)26(17,30)21(32)12-25(16,3)27(14,23(34)37-13-28)36-22(33)20-5-4-8-35-20/h4-8,10,14,16-17,19,21,32H,9,11-13H2,1-3H3/t14-,16+,17?,19+,21+,24+,25+,26+,27+/m1/s1. The smallest absolute Gasteiger partial charge is 0.375 e. The lowest BCUT2D eigenvalue weighted by atomic mass is 9.44. The Hall–Kier alpha value is -2.33. The van der Waals surface area contributed by atoms with Crippen molar-refractivity contribution in [3.63, 3.8) is 0 Å². The van der Waals surface area contributed by atoms with Crippen molar-refractivity contribution in [2.24, 2.45) is 28.6 Å². The number of hydrogen-bond acceptors (Lipinski definition) is 7. The number of carbonyl (C=O) groups is 3. The lowest BCUT2D eigenvalue weighted by Gasteiger charge is -2.63. The van der Waals surface area contributed by atoms with Crippen LogP contribution in [0.4, 0.5) is 13.2 Å². The highest BCUT2D eigenvalue weighted by Gasteiger charge is 2.78. The minimum atomic E-state index is -2.35. The van der Waals surface area contributed by atoms with E-state index in [0.717, 1.165) is 6.08 Å². The van der Waals surface area contributed by atoms with E-state index >= 15 is 8.78 Å². The average Bonchev–Trinajstić information content (AvgIpc) is 3.45. The summed E-state index contributed by atoms with van der Waals surface area (Å²) in [7, 11) is 0. The maximum atomic E-state index is 17.4. The quantitative estimate of drug-likeness (QED) is 0.544. The summed E-state index contributed by atoms with van der Waals surface area (Å²) in [6.45, 7) is 4.79. The van der Waals surface area contributed by atoms with E-state index in [1.165, 1.54) is 37.5 Å². The van der Waals surface area contributed by atoms with Crippen molar-refractivity contribution in [3.8, 4) is 0 Å². The summed E-state index contributed by atoms with van der Waals surface area (Å²) >= 11 is 0.352. The highest BCUT2D eigenvalue weighted by atomic mass is 32.2. The first-order valence-corrected chi connectivity index (χ1v) is 13.3. The summed E-state index contributed by atoms with van der Waals surface area (Å²) in [6, 6.07) is 1.78. The van der Waals surface area contributed by atoms with Gasteiger partial charge in [-0.3, -0.25) is 9.59 Å². The molecule has 1 unspecified atom stereocenters. The zero-order valence-corrected chi connectivity index (χ0v) is 21.5. The second-order valence-electron chi connectivity index (χ2n) is 11.1. The fourth-order valence-electron chi connectivity index (χ4n) is 7.97. The molecule has 0 saturated heterocycles. The first kappa shape index (κ1) is 26.3. The van der Waals surface area contributed by atoms with Gasteiger partial charge in [-0.05, 0) is 73.7 Å². The van der Waals surface area contributed by atoms with Gasteiger partial charge in [-0.2, -0.15) is 0 Å². The average molecular weight is 539 g/mol. The Balaban J connectivity index is 1.64. The third-order valence-electron chi connectivity index (χ3n) is 9.63. The van der Waals surface area contributed by atoms with Gasteiger partial charge < -0.3 is 14.3 Å². The minimum Gasteiger partial charge on any atom is -0.457 e. The molecule has 6 nitrogen and oxygen atoms in total. The van der Waals surface area contributed by atoms with E-state index in [1.807, 2.05) is 0 Å². The van der Waals surface area contributed by atoms with Crippen LogP contribution in [-0.2, 0) is 14.3 Å². The summed E-state index contributed by atoms with van der Waals surface area (Å²) in [5.41, 5.74) is -7.19. The normalized spacial score (nSPS) is 44.5. The number of alkyl halides is 3. The molecule has 3 saturated carbocycles. The first-order valence-electron chi connectivity index (χ1n) is 12.3. The van der Waals surface area contributed by atoms with Gasteiger partial charge in [0.05, 0.1) is 12.4 Å². The van der Waals surface area contributed by atoms with Gasteiger partial charge >= 0.3 is 5.97 Å². The van der Waals surface area contributed by atoms with E-state index in [9.17, 15) is 23.9 Å². The highest BCUT2D eigenvalue weighted by Crippen LogP contribution is 2.72. The van der Waals surface area contributed by atoms with Gasteiger partial charge in [0.1, 0.15) is 12.2 Å². The lowest BCUT2D eigenvalue weighted by molar-refractivity contribution is -0.221. The van der Waals surface area contributed by atoms with E-state index in [4.69, 9.17) is 9.15 Å². The Bertz CT molecular complexity index is 1200. The van der Waals surface area contributed by atoms with E-state index in [1.54, 1.807) is 13.8 Å². The number of fused-ring (bicyclic) bond motifs is 5. The fraction of sp³-hybridized carbons (Fsp3) is 0.593. The number of esters is 1. The summed E-state index contributed by atoms with van der Waals surface area (Å²) in [5.74, 6) is -3.98. The fourth-order valence-corrected chi connectivity index (χ4v) is 8.76. The molecule has 0 aliphatic heterocycles. The van der Waals surface area contributed by atoms with Crippen LogP contribution in [0.3, 0.4) is 0 Å². The number of furan rings is 1. The molecule has 0 aromatic carbocycles.